The molecular formula is C23H34O6S. The van der Waals surface area contributed by atoms with Gasteiger partial charge < -0.3 is 20.1 Å². The Labute approximate surface area is 179 Å². The molecule has 168 valence electrons. The van der Waals surface area contributed by atoms with Crippen LogP contribution in [-0.4, -0.2) is 61.2 Å². The maximum atomic E-state index is 12.4. The summed E-state index contributed by atoms with van der Waals surface area (Å²) in [7, 11) is -2.03. The minimum atomic E-state index is -3.52. The van der Waals surface area contributed by atoms with Gasteiger partial charge in [-0.3, -0.25) is 0 Å². The fraction of sp³-hybridized carbons (Fsp3) is 0.565. The first-order valence-electron chi connectivity index (χ1n) is 10.3. The minimum absolute atomic E-state index is 0.131. The molecule has 0 aliphatic carbocycles. The summed E-state index contributed by atoms with van der Waals surface area (Å²) in [6.07, 6.45) is 3.91. The number of benzene rings is 1. The summed E-state index contributed by atoms with van der Waals surface area (Å²) in [5.41, 5.74) is 4.72. The van der Waals surface area contributed by atoms with Gasteiger partial charge in [0.1, 0.15) is 11.0 Å². The van der Waals surface area contributed by atoms with Gasteiger partial charge in [0.05, 0.1) is 25.1 Å². The van der Waals surface area contributed by atoms with Gasteiger partial charge in [0.25, 0.3) is 0 Å². The van der Waals surface area contributed by atoms with Crippen molar-refractivity contribution < 1.29 is 28.5 Å². The molecule has 2 atom stereocenters. The van der Waals surface area contributed by atoms with E-state index in [0.29, 0.717) is 29.7 Å². The first-order chi connectivity index (χ1) is 14.1. The van der Waals surface area contributed by atoms with Crippen molar-refractivity contribution in [1.29, 1.82) is 0 Å². The largest absolute Gasteiger partial charge is 0.507 e. The Kier molecular flexibility index (Phi) is 8.67. The molecule has 1 aliphatic heterocycles. The van der Waals surface area contributed by atoms with Gasteiger partial charge in [-0.05, 0) is 73.1 Å². The predicted molar refractivity (Wildman–Crippen MR) is 119 cm³/mol. The molecule has 1 heterocycles. The Hall–Kier alpha value is -1.67. The van der Waals surface area contributed by atoms with E-state index in [1.807, 2.05) is 26.0 Å². The molecule has 1 aromatic carbocycles. The number of aliphatic hydroxyl groups excluding tert-OH is 2. The summed E-state index contributed by atoms with van der Waals surface area (Å²) < 4.78 is 29.9. The third kappa shape index (κ3) is 5.72. The second kappa shape index (κ2) is 10.6. The number of allylic oxidation sites excluding steroid dienone is 1. The summed E-state index contributed by atoms with van der Waals surface area (Å²) in [5, 5.41) is 29.4. The third-order valence-corrected chi connectivity index (χ3v) is 7.62. The Morgan fingerprint density at radius 2 is 1.90 bits per heavy atom. The highest BCUT2D eigenvalue weighted by Gasteiger charge is 2.40. The molecule has 0 saturated carbocycles. The lowest BCUT2D eigenvalue weighted by Gasteiger charge is -2.20. The number of methoxy groups -OCH3 is 1. The van der Waals surface area contributed by atoms with Crippen LogP contribution >= 0.6 is 0 Å². The molecule has 6 nitrogen and oxygen atoms in total. The summed E-state index contributed by atoms with van der Waals surface area (Å²) >= 11 is 0. The summed E-state index contributed by atoms with van der Waals surface area (Å²) in [6.45, 7) is 5.41. The smallest absolute Gasteiger partial charge is 0.163 e. The van der Waals surface area contributed by atoms with Crippen molar-refractivity contribution in [3.05, 3.63) is 45.5 Å². The zero-order valence-electron chi connectivity index (χ0n) is 18.3. The highest BCUT2D eigenvalue weighted by molar-refractivity contribution is 7.92. The first-order valence-corrected chi connectivity index (χ1v) is 12.1. The van der Waals surface area contributed by atoms with Gasteiger partial charge in [0.15, 0.2) is 9.84 Å². The third-order valence-electron chi connectivity index (χ3n) is 5.60. The first kappa shape index (κ1) is 24.6. The molecule has 3 N–H and O–H groups in total. The van der Waals surface area contributed by atoms with Crippen LogP contribution in [0.4, 0.5) is 0 Å². The van der Waals surface area contributed by atoms with Crippen LogP contribution < -0.4 is 0 Å². The minimum Gasteiger partial charge on any atom is -0.507 e. The highest BCUT2D eigenvalue weighted by Crippen LogP contribution is 2.33. The van der Waals surface area contributed by atoms with Crippen LogP contribution in [-0.2, 0) is 14.6 Å². The standard InChI is InChI=1S/C23H34O6S/c1-5-6-17(11-18-9-15(2)23(26)16(3)10-18)7-8-20(25)22-19(13-29-4)14-30(27,28)21(22)12-24/h9-11,20-21,24-26H,5-8,12-14H2,1-4H3/b17-11+/t20-,21+/m1/s1. The molecular weight excluding hydrogens is 404 g/mol. The van der Waals surface area contributed by atoms with Gasteiger partial charge in [-0.25, -0.2) is 8.42 Å². The van der Waals surface area contributed by atoms with Gasteiger partial charge in [-0.2, -0.15) is 0 Å². The predicted octanol–water partition coefficient (Wildman–Crippen LogP) is 3.07. The Bertz CT molecular complexity index is 891. The monoisotopic (exact) mass is 438 g/mol. The maximum absolute atomic E-state index is 12.4. The number of hydrogen-bond acceptors (Lipinski definition) is 6. The maximum Gasteiger partial charge on any atom is 0.163 e. The Morgan fingerprint density at radius 1 is 1.27 bits per heavy atom. The molecule has 0 aromatic heterocycles. The average molecular weight is 439 g/mol. The quantitative estimate of drug-likeness (QED) is 0.485. The summed E-state index contributed by atoms with van der Waals surface area (Å²) in [5.74, 6) is 0.122. The number of aryl methyl sites for hydroxylation is 2. The van der Waals surface area contributed by atoms with E-state index in [4.69, 9.17) is 4.74 Å². The molecule has 0 saturated heterocycles. The van der Waals surface area contributed by atoms with E-state index in [1.54, 1.807) is 0 Å². The Morgan fingerprint density at radius 3 is 2.43 bits per heavy atom. The van der Waals surface area contributed by atoms with Crippen molar-refractivity contribution >= 4 is 15.9 Å². The molecule has 0 fully saturated rings. The van der Waals surface area contributed by atoms with Gasteiger partial charge in [0.2, 0.25) is 0 Å². The second-order valence-corrected chi connectivity index (χ2v) is 10.3. The van der Waals surface area contributed by atoms with Crippen LogP contribution in [0, 0.1) is 13.8 Å². The lowest BCUT2D eigenvalue weighted by Crippen LogP contribution is -2.29. The van der Waals surface area contributed by atoms with Crippen LogP contribution in [0.3, 0.4) is 0 Å². The molecule has 0 radical (unpaired) electrons. The molecule has 1 aliphatic rings. The van der Waals surface area contributed by atoms with Gasteiger partial charge in [0, 0.05) is 7.11 Å². The number of aromatic hydroxyl groups is 1. The molecule has 0 unspecified atom stereocenters. The lowest BCUT2D eigenvalue weighted by molar-refractivity contribution is 0.182. The summed E-state index contributed by atoms with van der Waals surface area (Å²) in [4.78, 5) is 0. The van der Waals surface area contributed by atoms with Crippen molar-refractivity contribution in [2.75, 3.05) is 26.1 Å². The molecule has 0 amide bonds. The Balaban J connectivity index is 2.24. The molecule has 1 aromatic rings. The van der Waals surface area contributed by atoms with Crippen molar-refractivity contribution in [1.82, 2.24) is 0 Å². The van der Waals surface area contributed by atoms with Gasteiger partial charge in [-0.15, -0.1) is 0 Å². The lowest BCUT2D eigenvalue weighted by atomic mass is 9.93. The molecule has 0 spiro atoms. The number of sulfone groups is 1. The number of hydrogen-bond donors (Lipinski definition) is 3. The zero-order chi connectivity index (χ0) is 22.5. The van der Waals surface area contributed by atoms with Gasteiger partial charge >= 0.3 is 0 Å². The molecule has 30 heavy (non-hydrogen) atoms. The van der Waals surface area contributed by atoms with E-state index in [0.717, 1.165) is 35.1 Å². The molecule has 7 heteroatoms. The van der Waals surface area contributed by atoms with Crippen LogP contribution in [0.5, 0.6) is 5.75 Å². The molecule has 2 rings (SSSR count). The van der Waals surface area contributed by atoms with Crippen molar-refractivity contribution in [3.8, 4) is 5.75 Å². The van der Waals surface area contributed by atoms with Crippen molar-refractivity contribution in [2.45, 2.75) is 57.8 Å². The number of aliphatic hydroxyl groups is 2. The van der Waals surface area contributed by atoms with Crippen LogP contribution in [0.15, 0.2) is 28.9 Å². The second-order valence-electron chi connectivity index (χ2n) is 8.08. The van der Waals surface area contributed by atoms with E-state index in [1.165, 1.54) is 7.11 Å². The van der Waals surface area contributed by atoms with E-state index < -0.39 is 27.8 Å². The highest BCUT2D eigenvalue weighted by atomic mass is 32.2. The van der Waals surface area contributed by atoms with Crippen LogP contribution in [0.1, 0.15) is 49.3 Å². The SMILES string of the molecule is CCC/C(=C\c1cc(C)c(O)c(C)c1)CC[C@@H](O)C1=C(COC)CS(=O)(=O)[C@H]1CO. The number of ether oxygens (including phenoxy) is 1. The van der Waals surface area contributed by atoms with E-state index in [9.17, 15) is 23.7 Å². The average Bonchev–Trinajstić information content (AvgIpc) is 2.93. The van der Waals surface area contributed by atoms with Crippen molar-refractivity contribution in [3.63, 3.8) is 0 Å². The topological polar surface area (TPSA) is 104 Å². The number of rotatable bonds is 10. The van der Waals surface area contributed by atoms with E-state index in [2.05, 4.69) is 13.0 Å². The summed E-state index contributed by atoms with van der Waals surface area (Å²) in [6, 6.07) is 3.86. The fourth-order valence-electron chi connectivity index (χ4n) is 4.19. The van der Waals surface area contributed by atoms with Gasteiger partial charge in [-0.1, -0.05) is 25.0 Å². The van der Waals surface area contributed by atoms with Crippen LogP contribution in [0.25, 0.3) is 6.08 Å². The normalized spacial score (nSPS) is 20.1. The van der Waals surface area contributed by atoms with Crippen molar-refractivity contribution in [2.24, 2.45) is 0 Å². The fourth-order valence-corrected chi connectivity index (χ4v) is 6.06. The van der Waals surface area contributed by atoms with E-state index in [-0.39, 0.29) is 12.4 Å². The molecule has 0 bridgehead atoms. The number of phenols is 1. The zero-order valence-corrected chi connectivity index (χ0v) is 19.1. The van der Waals surface area contributed by atoms with Crippen LogP contribution in [0.2, 0.25) is 0 Å². The number of phenolic OH excluding ortho intramolecular Hbond substituents is 1. The van der Waals surface area contributed by atoms with E-state index >= 15 is 0 Å².